The number of alkyl halides is 3. The smallest absolute Gasteiger partial charge is 0.401 e. The molecule has 0 aliphatic rings. The van der Waals surface area contributed by atoms with E-state index >= 15 is 0 Å². The zero-order chi connectivity index (χ0) is 11.0. The standard InChI is InChI=1S/C8H14F3NO2/c1-2-3-4-14-7(13)5-12-6-8(9,10)11/h12H,2-6H2,1H3. The molecule has 84 valence electrons. The van der Waals surface area contributed by atoms with Crippen molar-refractivity contribution in [3.63, 3.8) is 0 Å². The molecule has 0 aliphatic carbocycles. The Labute approximate surface area is 80.6 Å². The molecule has 0 spiro atoms. The minimum absolute atomic E-state index is 0.267. The Morgan fingerprint density at radius 3 is 2.57 bits per heavy atom. The van der Waals surface area contributed by atoms with Crippen molar-refractivity contribution in [3.05, 3.63) is 0 Å². The molecule has 0 saturated heterocycles. The lowest BCUT2D eigenvalue weighted by Gasteiger charge is -2.07. The van der Waals surface area contributed by atoms with Crippen LogP contribution in [0.25, 0.3) is 0 Å². The lowest BCUT2D eigenvalue weighted by molar-refractivity contribution is -0.144. The van der Waals surface area contributed by atoms with Gasteiger partial charge in [-0.1, -0.05) is 13.3 Å². The number of hydrogen-bond acceptors (Lipinski definition) is 3. The molecule has 0 unspecified atom stereocenters. The highest BCUT2D eigenvalue weighted by Gasteiger charge is 2.26. The molecule has 6 heteroatoms. The molecule has 0 aromatic heterocycles. The van der Waals surface area contributed by atoms with Crippen LogP contribution in [0.3, 0.4) is 0 Å². The van der Waals surface area contributed by atoms with Crippen molar-refractivity contribution in [3.8, 4) is 0 Å². The van der Waals surface area contributed by atoms with Crippen molar-refractivity contribution in [2.75, 3.05) is 19.7 Å². The Kier molecular flexibility index (Phi) is 6.27. The Morgan fingerprint density at radius 2 is 2.07 bits per heavy atom. The summed E-state index contributed by atoms with van der Waals surface area (Å²) in [7, 11) is 0. The predicted molar refractivity (Wildman–Crippen MR) is 44.8 cm³/mol. The van der Waals surface area contributed by atoms with Crippen molar-refractivity contribution in [2.24, 2.45) is 0 Å². The first-order chi connectivity index (χ1) is 6.45. The molecule has 0 aromatic rings. The lowest BCUT2D eigenvalue weighted by Crippen LogP contribution is -2.33. The normalized spacial score (nSPS) is 11.4. The second-order valence-electron chi connectivity index (χ2n) is 2.79. The quantitative estimate of drug-likeness (QED) is 0.536. The molecule has 0 aromatic carbocycles. The van der Waals surface area contributed by atoms with Crippen LogP contribution in [0, 0.1) is 0 Å². The maximum Gasteiger partial charge on any atom is 0.401 e. The summed E-state index contributed by atoms with van der Waals surface area (Å²) < 4.78 is 39.4. The van der Waals surface area contributed by atoms with E-state index in [4.69, 9.17) is 0 Å². The van der Waals surface area contributed by atoms with Gasteiger partial charge in [-0.2, -0.15) is 13.2 Å². The summed E-state index contributed by atoms with van der Waals surface area (Å²) in [5.41, 5.74) is 0. The Balaban J connectivity index is 3.36. The Bertz CT molecular complexity index is 170. The molecule has 0 saturated carbocycles. The van der Waals surface area contributed by atoms with Gasteiger partial charge in [-0.3, -0.25) is 10.1 Å². The molecule has 0 heterocycles. The topological polar surface area (TPSA) is 38.3 Å². The van der Waals surface area contributed by atoms with Gasteiger partial charge in [0, 0.05) is 0 Å². The Hall–Kier alpha value is -0.780. The molecule has 0 amide bonds. The van der Waals surface area contributed by atoms with Crippen LogP contribution in [0.5, 0.6) is 0 Å². The van der Waals surface area contributed by atoms with Crippen LogP contribution in [0.2, 0.25) is 0 Å². The van der Waals surface area contributed by atoms with Crippen LogP contribution in [0.4, 0.5) is 13.2 Å². The monoisotopic (exact) mass is 213 g/mol. The molecular weight excluding hydrogens is 199 g/mol. The average Bonchev–Trinajstić information content (AvgIpc) is 2.02. The minimum atomic E-state index is -4.29. The number of halogens is 3. The van der Waals surface area contributed by atoms with E-state index in [9.17, 15) is 18.0 Å². The molecule has 1 N–H and O–H groups in total. The molecule has 0 rings (SSSR count). The summed E-state index contributed by atoms with van der Waals surface area (Å²) in [5, 5.41) is 1.95. The molecule has 14 heavy (non-hydrogen) atoms. The van der Waals surface area contributed by atoms with Gasteiger partial charge in [-0.05, 0) is 6.42 Å². The maximum atomic E-state index is 11.6. The molecule has 0 atom stereocenters. The van der Waals surface area contributed by atoms with E-state index in [1.165, 1.54) is 0 Å². The molecule has 0 fully saturated rings. The van der Waals surface area contributed by atoms with E-state index in [1.54, 1.807) is 0 Å². The summed E-state index contributed by atoms with van der Waals surface area (Å²) in [4.78, 5) is 10.8. The summed E-state index contributed by atoms with van der Waals surface area (Å²) in [5.74, 6) is -0.650. The Morgan fingerprint density at radius 1 is 1.43 bits per heavy atom. The third-order valence-corrected chi connectivity index (χ3v) is 1.36. The van der Waals surface area contributed by atoms with Gasteiger partial charge >= 0.3 is 12.1 Å². The predicted octanol–water partition coefficient (Wildman–Crippen LogP) is 1.48. The van der Waals surface area contributed by atoms with Crippen LogP contribution >= 0.6 is 0 Å². The van der Waals surface area contributed by atoms with E-state index in [-0.39, 0.29) is 6.61 Å². The fraction of sp³-hybridized carbons (Fsp3) is 0.875. The number of esters is 1. The van der Waals surface area contributed by atoms with Gasteiger partial charge in [0.1, 0.15) is 0 Å². The van der Waals surface area contributed by atoms with Crippen molar-refractivity contribution in [2.45, 2.75) is 25.9 Å². The minimum Gasteiger partial charge on any atom is -0.465 e. The van der Waals surface area contributed by atoms with Gasteiger partial charge in [-0.25, -0.2) is 0 Å². The molecule has 0 aliphatic heterocycles. The number of nitrogens with one attached hydrogen (secondary N) is 1. The second kappa shape index (κ2) is 6.64. The third kappa shape index (κ3) is 9.31. The maximum absolute atomic E-state index is 11.6. The number of unbranched alkanes of at least 4 members (excludes halogenated alkanes) is 1. The zero-order valence-electron chi connectivity index (χ0n) is 7.99. The first kappa shape index (κ1) is 13.2. The van der Waals surface area contributed by atoms with Crippen LogP contribution < -0.4 is 5.32 Å². The average molecular weight is 213 g/mol. The molecule has 3 nitrogen and oxygen atoms in total. The van der Waals surface area contributed by atoms with Crippen LogP contribution in [0.15, 0.2) is 0 Å². The lowest BCUT2D eigenvalue weighted by atomic mass is 10.4. The van der Waals surface area contributed by atoms with E-state index in [1.807, 2.05) is 12.2 Å². The van der Waals surface area contributed by atoms with Gasteiger partial charge < -0.3 is 4.74 Å². The number of ether oxygens (including phenoxy) is 1. The number of rotatable bonds is 6. The number of carbonyl (C=O) groups excluding carboxylic acids is 1. The fourth-order valence-corrected chi connectivity index (χ4v) is 0.688. The van der Waals surface area contributed by atoms with Gasteiger partial charge in [0.25, 0.3) is 0 Å². The van der Waals surface area contributed by atoms with Gasteiger partial charge in [0.15, 0.2) is 0 Å². The fourth-order valence-electron chi connectivity index (χ4n) is 0.688. The van der Waals surface area contributed by atoms with Crippen LogP contribution in [0.1, 0.15) is 19.8 Å². The van der Waals surface area contributed by atoms with E-state index in [0.29, 0.717) is 0 Å². The highest BCUT2D eigenvalue weighted by atomic mass is 19.4. The summed E-state index contributed by atoms with van der Waals surface area (Å²) in [6.45, 7) is 0.623. The first-order valence-electron chi connectivity index (χ1n) is 4.39. The largest absolute Gasteiger partial charge is 0.465 e. The summed E-state index contributed by atoms with van der Waals surface area (Å²) in [6.07, 6.45) is -2.68. The van der Waals surface area contributed by atoms with Crippen molar-refractivity contribution < 1.29 is 22.7 Å². The first-order valence-corrected chi connectivity index (χ1v) is 4.39. The highest BCUT2D eigenvalue weighted by Crippen LogP contribution is 2.11. The second-order valence-corrected chi connectivity index (χ2v) is 2.79. The SMILES string of the molecule is CCCCOC(=O)CNCC(F)(F)F. The van der Waals surface area contributed by atoms with Crippen LogP contribution in [-0.2, 0) is 9.53 Å². The number of hydrogen-bond donors (Lipinski definition) is 1. The van der Waals surface area contributed by atoms with E-state index in [2.05, 4.69) is 4.74 Å². The molecule has 0 radical (unpaired) electrons. The van der Waals surface area contributed by atoms with Crippen LogP contribution in [-0.4, -0.2) is 31.8 Å². The molecular formula is C8H14F3NO2. The number of carbonyl (C=O) groups is 1. The van der Waals surface area contributed by atoms with Crippen molar-refractivity contribution in [1.82, 2.24) is 5.32 Å². The third-order valence-electron chi connectivity index (χ3n) is 1.36. The highest BCUT2D eigenvalue weighted by molar-refractivity contribution is 5.71. The summed E-state index contributed by atoms with van der Waals surface area (Å²) in [6, 6.07) is 0. The van der Waals surface area contributed by atoms with Gasteiger partial charge in [-0.15, -0.1) is 0 Å². The molecule has 0 bridgehead atoms. The van der Waals surface area contributed by atoms with Gasteiger partial charge in [0.05, 0.1) is 19.7 Å². The van der Waals surface area contributed by atoms with E-state index in [0.717, 1.165) is 12.8 Å². The van der Waals surface area contributed by atoms with Crippen molar-refractivity contribution in [1.29, 1.82) is 0 Å². The zero-order valence-corrected chi connectivity index (χ0v) is 7.99. The van der Waals surface area contributed by atoms with E-state index < -0.39 is 25.2 Å². The van der Waals surface area contributed by atoms with Gasteiger partial charge in [0.2, 0.25) is 0 Å². The summed E-state index contributed by atoms with van der Waals surface area (Å²) >= 11 is 0. The van der Waals surface area contributed by atoms with Crippen molar-refractivity contribution >= 4 is 5.97 Å².